The summed E-state index contributed by atoms with van der Waals surface area (Å²) in [7, 11) is -7.11. The number of amides is 1. The van der Waals surface area contributed by atoms with Gasteiger partial charge in [0.2, 0.25) is 0 Å². The van der Waals surface area contributed by atoms with Crippen molar-refractivity contribution in [1.82, 2.24) is 0 Å². The molecule has 1 aromatic carbocycles. The first-order valence-corrected chi connectivity index (χ1v) is 13.4. The van der Waals surface area contributed by atoms with Crippen LogP contribution in [-0.4, -0.2) is 51.3 Å². The SMILES string of the molecule is CC(C)(C)OC(=O)Nc1ccc(S(C)(=O)=O)c(C(=O)OC(C)(C)C)c1P(C)(C)=O. The van der Waals surface area contributed by atoms with E-state index in [2.05, 4.69) is 5.32 Å². The molecule has 0 aromatic heterocycles. The van der Waals surface area contributed by atoms with Crippen LogP contribution in [-0.2, 0) is 23.9 Å². The highest BCUT2D eigenvalue weighted by atomic mass is 32.2. The molecule has 0 aliphatic rings. The van der Waals surface area contributed by atoms with Gasteiger partial charge in [-0.2, -0.15) is 0 Å². The molecule has 0 aliphatic carbocycles. The van der Waals surface area contributed by atoms with E-state index in [1.165, 1.54) is 25.5 Å². The Hall–Kier alpha value is -1.86. The van der Waals surface area contributed by atoms with Crippen LogP contribution in [0.15, 0.2) is 17.0 Å². The van der Waals surface area contributed by atoms with E-state index in [9.17, 15) is 22.6 Å². The highest BCUT2D eigenvalue weighted by Crippen LogP contribution is 2.41. The maximum absolute atomic E-state index is 13.1. The standard InChI is InChI=1S/C19H30NO7PS/c1-18(2,3)26-16(21)14-13(29(9,24)25)11-10-12(15(14)28(7,8)23)20-17(22)27-19(4,5)6/h10-11H,1-9H3,(H,20,22). The number of rotatable bonds is 4. The number of carbonyl (C=O) groups is 2. The lowest BCUT2D eigenvalue weighted by Gasteiger charge is -2.25. The predicted octanol–water partition coefficient (Wildman–Crippen LogP) is 3.64. The molecule has 1 aromatic rings. The lowest BCUT2D eigenvalue weighted by molar-refractivity contribution is 0.00663. The second kappa shape index (κ2) is 8.11. The van der Waals surface area contributed by atoms with Crippen molar-refractivity contribution in [2.24, 2.45) is 0 Å². The van der Waals surface area contributed by atoms with Gasteiger partial charge in [0.05, 0.1) is 21.5 Å². The van der Waals surface area contributed by atoms with E-state index in [1.807, 2.05) is 0 Å². The van der Waals surface area contributed by atoms with Crippen LogP contribution in [0.3, 0.4) is 0 Å². The molecule has 0 atom stereocenters. The Morgan fingerprint density at radius 3 is 1.83 bits per heavy atom. The minimum atomic E-state index is -3.86. The van der Waals surface area contributed by atoms with Crippen LogP contribution in [0.5, 0.6) is 0 Å². The van der Waals surface area contributed by atoms with Crippen LogP contribution >= 0.6 is 7.14 Å². The van der Waals surface area contributed by atoms with Crippen LogP contribution in [0.25, 0.3) is 0 Å². The number of anilines is 1. The van der Waals surface area contributed by atoms with Gasteiger partial charge in [-0.05, 0) is 67.0 Å². The summed E-state index contributed by atoms with van der Waals surface area (Å²) in [5.74, 6) is -0.940. The highest BCUT2D eigenvalue weighted by Gasteiger charge is 2.34. The molecule has 0 aliphatic heterocycles. The Balaban J connectivity index is 3.78. The van der Waals surface area contributed by atoms with Gasteiger partial charge < -0.3 is 14.0 Å². The summed E-state index contributed by atoms with van der Waals surface area (Å²) < 4.78 is 48.3. The van der Waals surface area contributed by atoms with Crippen LogP contribution in [0.2, 0.25) is 0 Å². The normalized spacial score (nSPS) is 13.0. The molecule has 0 spiro atoms. The molecule has 0 fully saturated rings. The lowest BCUT2D eigenvalue weighted by Crippen LogP contribution is -2.32. The first kappa shape index (κ1) is 25.2. The molecule has 0 saturated heterocycles. The van der Waals surface area contributed by atoms with E-state index < -0.39 is 40.2 Å². The third kappa shape index (κ3) is 7.48. The fraction of sp³-hybridized carbons (Fsp3) is 0.579. The Morgan fingerprint density at radius 1 is 0.966 bits per heavy atom. The molecule has 10 heteroatoms. The molecule has 164 valence electrons. The first-order chi connectivity index (χ1) is 12.7. The zero-order valence-electron chi connectivity index (χ0n) is 18.4. The smallest absolute Gasteiger partial charge is 0.412 e. The van der Waals surface area contributed by atoms with Crippen molar-refractivity contribution in [3.63, 3.8) is 0 Å². The molecule has 1 amide bonds. The molecule has 0 heterocycles. The van der Waals surface area contributed by atoms with Gasteiger partial charge in [-0.25, -0.2) is 18.0 Å². The van der Waals surface area contributed by atoms with E-state index >= 15 is 0 Å². The van der Waals surface area contributed by atoms with Crippen LogP contribution in [0, 0.1) is 0 Å². The van der Waals surface area contributed by atoms with E-state index in [1.54, 1.807) is 41.5 Å². The molecule has 0 unspecified atom stereocenters. The lowest BCUT2D eigenvalue weighted by atomic mass is 10.1. The number of sulfone groups is 1. The zero-order valence-corrected chi connectivity index (χ0v) is 20.1. The monoisotopic (exact) mass is 447 g/mol. The number of esters is 1. The van der Waals surface area contributed by atoms with Gasteiger partial charge in [0.25, 0.3) is 0 Å². The molecule has 1 N–H and O–H groups in total. The Bertz CT molecular complexity index is 963. The highest BCUT2D eigenvalue weighted by molar-refractivity contribution is 7.90. The summed E-state index contributed by atoms with van der Waals surface area (Å²) in [6.07, 6.45) is 0.117. The van der Waals surface area contributed by atoms with Crippen molar-refractivity contribution < 1.29 is 32.0 Å². The van der Waals surface area contributed by atoms with Crippen molar-refractivity contribution in [2.45, 2.75) is 57.6 Å². The minimum Gasteiger partial charge on any atom is -0.456 e. The summed E-state index contributed by atoms with van der Waals surface area (Å²) in [5.41, 5.74) is -2.01. The second-order valence-corrected chi connectivity index (χ2v) is 14.2. The van der Waals surface area contributed by atoms with Gasteiger partial charge in [0.15, 0.2) is 9.84 Å². The molecule has 1 rings (SSSR count). The van der Waals surface area contributed by atoms with Crippen LogP contribution in [0.1, 0.15) is 51.9 Å². The molecular formula is C19H30NO7PS. The second-order valence-electron chi connectivity index (χ2n) is 9.09. The molecule has 0 bridgehead atoms. The van der Waals surface area contributed by atoms with Crippen LogP contribution in [0.4, 0.5) is 10.5 Å². The maximum atomic E-state index is 13.1. The van der Waals surface area contributed by atoms with Crippen LogP contribution < -0.4 is 10.6 Å². The van der Waals surface area contributed by atoms with E-state index in [0.29, 0.717) is 0 Å². The quantitative estimate of drug-likeness (QED) is 0.553. The van der Waals surface area contributed by atoms with Crippen molar-refractivity contribution in [3.8, 4) is 0 Å². The van der Waals surface area contributed by atoms with E-state index in [0.717, 1.165) is 6.26 Å². The number of benzene rings is 1. The van der Waals surface area contributed by atoms with E-state index in [4.69, 9.17) is 9.47 Å². The molecular weight excluding hydrogens is 417 g/mol. The maximum Gasteiger partial charge on any atom is 0.412 e. The number of carbonyl (C=O) groups excluding carboxylic acids is 2. The third-order valence-electron chi connectivity index (χ3n) is 3.32. The van der Waals surface area contributed by atoms with Gasteiger partial charge in [-0.3, -0.25) is 5.32 Å². The first-order valence-electron chi connectivity index (χ1n) is 8.88. The van der Waals surface area contributed by atoms with Crippen molar-refractivity contribution in [1.29, 1.82) is 0 Å². The third-order valence-corrected chi connectivity index (χ3v) is 6.00. The Kier molecular flexibility index (Phi) is 7.04. The number of hydrogen-bond acceptors (Lipinski definition) is 7. The molecule has 29 heavy (non-hydrogen) atoms. The summed E-state index contributed by atoms with van der Waals surface area (Å²) >= 11 is 0. The van der Waals surface area contributed by atoms with Crippen molar-refractivity contribution >= 4 is 40.0 Å². The summed E-state index contributed by atoms with van der Waals surface area (Å²) in [6.45, 7) is 12.7. The van der Waals surface area contributed by atoms with Gasteiger partial charge in [-0.15, -0.1) is 0 Å². The Morgan fingerprint density at radius 2 is 1.45 bits per heavy atom. The average Bonchev–Trinajstić information content (AvgIpc) is 2.39. The molecule has 8 nitrogen and oxygen atoms in total. The van der Waals surface area contributed by atoms with Crippen molar-refractivity contribution in [2.75, 3.05) is 24.9 Å². The number of nitrogens with one attached hydrogen (secondary N) is 1. The van der Waals surface area contributed by atoms with E-state index in [-0.39, 0.29) is 21.5 Å². The fourth-order valence-corrected chi connectivity index (χ4v) is 4.89. The van der Waals surface area contributed by atoms with Crippen molar-refractivity contribution in [3.05, 3.63) is 17.7 Å². The zero-order chi connectivity index (χ0) is 23.0. The number of hydrogen-bond donors (Lipinski definition) is 1. The van der Waals surface area contributed by atoms with Gasteiger partial charge in [0.1, 0.15) is 18.3 Å². The van der Waals surface area contributed by atoms with Gasteiger partial charge in [-0.1, -0.05) is 0 Å². The largest absolute Gasteiger partial charge is 0.456 e. The molecule has 0 radical (unpaired) electrons. The molecule has 0 saturated carbocycles. The topological polar surface area (TPSA) is 116 Å². The predicted molar refractivity (Wildman–Crippen MR) is 114 cm³/mol. The summed E-state index contributed by atoms with van der Waals surface area (Å²) in [6, 6.07) is 2.48. The summed E-state index contributed by atoms with van der Waals surface area (Å²) in [5, 5.41) is 2.39. The Labute approximate surface area is 172 Å². The average molecular weight is 447 g/mol. The fourth-order valence-electron chi connectivity index (χ4n) is 2.48. The number of ether oxygens (including phenoxy) is 2. The van der Waals surface area contributed by atoms with Gasteiger partial charge >= 0.3 is 12.1 Å². The summed E-state index contributed by atoms with van der Waals surface area (Å²) in [4.78, 5) is 24.8. The minimum absolute atomic E-state index is 0.0286. The van der Waals surface area contributed by atoms with Gasteiger partial charge in [0, 0.05) is 6.26 Å².